The van der Waals surface area contributed by atoms with Crippen LogP contribution in [-0.4, -0.2) is 27.0 Å². The Balaban J connectivity index is 2.10. The molecule has 2 unspecified atom stereocenters. The minimum atomic E-state index is -0.260. The maximum absolute atomic E-state index is 12.2. The lowest BCUT2D eigenvalue weighted by atomic mass is 9.73. The predicted octanol–water partition coefficient (Wildman–Crippen LogP) is 1.56. The monoisotopic (exact) mass is 262 g/mol. The number of aromatic nitrogens is 2. The van der Waals surface area contributed by atoms with E-state index < -0.39 is 0 Å². The molecular weight excluding hydrogens is 240 g/mol. The van der Waals surface area contributed by atoms with Crippen LogP contribution in [0.4, 0.5) is 0 Å². The molecule has 5 nitrogen and oxygen atoms in total. The molecule has 1 fully saturated rings. The second-order valence-corrected chi connectivity index (χ2v) is 6.24. The van der Waals surface area contributed by atoms with E-state index in [2.05, 4.69) is 22.2 Å². The van der Waals surface area contributed by atoms with Gasteiger partial charge >= 0.3 is 0 Å². The zero-order valence-corrected chi connectivity index (χ0v) is 11.9. The molecule has 0 spiro atoms. The fraction of sp³-hybridized carbons (Fsp3) is 0.643. The van der Waals surface area contributed by atoms with Gasteiger partial charge < -0.3 is 11.1 Å². The number of aryl methyl sites for hydroxylation is 1. The Morgan fingerprint density at radius 3 is 2.74 bits per heavy atom. The molecule has 0 aliphatic heterocycles. The number of carbonyl (C=O) groups is 1. The molecule has 2 rings (SSSR count). The summed E-state index contributed by atoms with van der Waals surface area (Å²) in [6, 6.07) is 0. The van der Waals surface area contributed by atoms with Gasteiger partial charge in [-0.3, -0.25) is 9.78 Å². The molecule has 1 heterocycles. The van der Waals surface area contributed by atoms with Crippen LogP contribution in [0.2, 0.25) is 0 Å². The zero-order valence-electron chi connectivity index (χ0n) is 11.9. The van der Waals surface area contributed by atoms with E-state index in [0.29, 0.717) is 5.69 Å². The largest absolute Gasteiger partial charge is 0.345 e. The zero-order chi connectivity index (χ0) is 14.1. The number of hydrogen-bond donors (Lipinski definition) is 2. The Hall–Kier alpha value is -1.49. The summed E-state index contributed by atoms with van der Waals surface area (Å²) in [5, 5.41) is 3.07. The van der Waals surface area contributed by atoms with Gasteiger partial charge in [0.1, 0.15) is 5.69 Å². The number of nitrogens with two attached hydrogens (primary N) is 1. The number of amides is 1. The van der Waals surface area contributed by atoms with Crippen molar-refractivity contribution in [3.8, 4) is 0 Å². The lowest BCUT2D eigenvalue weighted by Crippen LogP contribution is -2.56. The molecule has 1 aliphatic carbocycles. The van der Waals surface area contributed by atoms with Crippen LogP contribution in [0.15, 0.2) is 12.4 Å². The first kappa shape index (κ1) is 13.9. The Kier molecular flexibility index (Phi) is 3.58. The van der Waals surface area contributed by atoms with Crippen LogP contribution in [0.5, 0.6) is 0 Å². The van der Waals surface area contributed by atoms with Crippen LogP contribution in [0.3, 0.4) is 0 Å². The Labute approximate surface area is 114 Å². The van der Waals surface area contributed by atoms with Gasteiger partial charge in [0.25, 0.3) is 5.91 Å². The topological polar surface area (TPSA) is 80.9 Å². The lowest BCUT2D eigenvalue weighted by Gasteiger charge is -2.43. The minimum Gasteiger partial charge on any atom is -0.345 e. The third-order valence-corrected chi connectivity index (χ3v) is 3.67. The highest BCUT2D eigenvalue weighted by atomic mass is 16.2. The summed E-state index contributed by atoms with van der Waals surface area (Å²) in [5.74, 6) is -0.170. The van der Waals surface area contributed by atoms with Gasteiger partial charge in [-0.05, 0) is 46.5 Å². The molecule has 1 aromatic heterocycles. The van der Waals surface area contributed by atoms with E-state index in [1.807, 2.05) is 13.8 Å². The highest BCUT2D eigenvalue weighted by Gasteiger charge is 2.38. The summed E-state index contributed by atoms with van der Waals surface area (Å²) < 4.78 is 0. The lowest BCUT2D eigenvalue weighted by molar-refractivity contribution is 0.0846. The van der Waals surface area contributed by atoms with Crippen LogP contribution in [0.25, 0.3) is 0 Å². The Morgan fingerprint density at radius 1 is 1.37 bits per heavy atom. The van der Waals surface area contributed by atoms with Crippen molar-refractivity contribution in [3.63, 3.8) is 0 Å². The Bertz CT molecular complexity index is 486. The standard InChI is InChI=1S/C14H22N4O/c1-10-7-16-8-11(17-10)12(19)18-14(3)6-4-5-13(2,15)9-14/h7-8H,4-6,9,15H2,1-3H3,(H,18,19). The van der Waals surface area contributed by atoms with Crippen LogP contribution in [-0.2, 0) is 0 Å². The number of nitrogens with zero attached hydrogens (tertiary/aromatic N) is 2. The molecule has 1 amide bonds. The van der Waals surface area contributed by atoms with E-state index in [9.17, 15) is 4.79 Å². The van der Waals surface area contributed by atoms with Crippen LogP contribution in [0, 0.1) is 6.92 Å². The maximum Gasteiger partial charge on any atom is 0.271 e. The average Bonchev–Trinajstić information content (AvgIpc) is 2.26. The number of nitrogens with one attached hydrogen (secondary N) is 1. The van der Waals surface area contributed by atoms with Crippen molar-refractivity contribution in [1.82, 2.24) is 15.3 Å². The van der Waals surface area contributed by atoms with Gasteiger partial charge in [-0.25, -0.2) is 4.98 Å². The van der Waals surface area contributed by atoms with Crippen molar-refractivity contribution in [2.75, 3.05) is 0 Å². The summed E-state index contributed by atoms with van der Waals surface area (Å²) in [6.07, 6.45) is 6.90. The number of hydrogen-bond acceptors (Lipinski definition) is 4. The van der Waals surface area contributed by atoms with Crippen molar-refractivity contribution in [3.05, 3.63) is 23.8 Å². The first-order valence-corrected chi connectivity index (χ1v) is 6.70. The first-order valence-electron chi connectivity index (χ1n) is 6.70. The van der Waals surface area contributed by atoms with Crippen LogP contribution < -0.4 is 11.1 Å². The summed E-state index contributed by atoms with van der Waals surface area (Å²) in [6.45, 7) is 5.92. The summed E-state index contributed by atoms with van der Waals surface area (Å²) in [7, 11) is 0. The van der Waals surface area contributed by atoms with E-state index >= 15 is 0 Å². The fourth-order valence-electron chi connectivity index (χ4n) is 2.97. The predicted molar refractivity (Wildman–Crippen MR) is 73.7 cm³/mol. The quantitative estimate of drug-likeness (QED) is 0.847. The average molecular weight is 262 g/mol. The van der Waals surface area contributed by atoms with Crippen molar-refractivity contribution in [1.29, 1.82) is 0 Å². The molecule has 19 heavy (non-hydrogen) atoms. The first-order chi connectivity index (χ1) is 8.80. The highest BCUT2D eigenvalue weighted by molar-refractivity contribution is 5.92. The fourth-order valence-corrected chi connectivity index (χ4v) is 2.97. The van der Waals surface area contributed by atoms with Gasteiger partial charge in [0.15, 0.2) is 0 Å². The summed E-state index contributed by atoms with van der Waals surface area (Å²) >= 11 is 0. The molecule has 0 aromatic carbocycles. The van der Waals surface area contributed by atoms with Gasteiger partial charge in [0.05, 0.1) is 11.9 Å². The molecule has 1 aliphatic rings. The minimum absolute atomic E-state index is 0.170. The summed E-state index contributed by atoms with van der Waals surface area (Å²) in [5.41, 5.74) is 6.85. The van der Waals surface area contributed by atoms with Gasteiger partial charge in [-0.1, -0.05) is 0 Å². The van der Waals surface area contributed by atoms with E-state index in [1.165, 1.54) is 6.20 Å². The van der Waals surface area contributed by atoms with Gasteiger partial charge in [0, 0.05) is 17.3 Å². The van der Waals surface area contributed by atoms with E-state index in [-0.39, 0.29) is 17.0 Å². The molecule has 1 aromatic rings. The number of carbonyl (C=O) groups excluding carboxylic acids is 1. The molecular formula is C14H22N4O. The molecule has 5 heteroatoms. The van der Waals surface area contributed by atoms with Crippen molar-refractivity contribution >= 4 is 5.91 Å². The van der Waals surface area contributed by atoms with Gasteiger partial charge in [0.2, 0.25) is 0 Å². The van der Waals surface area contributed by atoms with Gasteiger partial charge in [-0.15, -0.1) is 0 Å². The molecule has 1 saturated carbocycles. The van der Waals surface area contributed by atoms with E-state index in [1.54, 1.807) is 6.20 Å². The molecule has 0 bridgehead atoms. The Morgan fingerprint density at radius 2 is 2.11 bits per heavy atom. The van der Waals surface area contributed by atoms with Gasteiger partial charge in [-0.2, -0.15) is 0 Å². The van der Waals surface area contributed by atoms with Crippen LogP contribution in [0.1, 0.15) is 55.7 Å². The van der Waals surface area contributed by atoms with Crippen molar-refractivity contribution in [2.45, 2.75) is 57.5 Å². The third kappa shape index (κ3) is 3.50. The third-order valence-electron chi connectivity index (χ3n) is 3.67. The highest BCUT2D eigenvalue weighted by Crippen LogP contribution is 2.33. The smallest absolute Gasteiger partial charge is 0.271 e. The molecule has 104 valence electrons. The SMILES string of the molecule is Cc1cncc(C(=O)NC2(C)CCCC(C)(N)C2)n1. The van der Waals surface area contributed by atoms with Crippen molar-refractivity contribution < 1.29 is 4.79 Å². The normalized spacial score (nSPS) is 30.9. The van der Waals surface area contributed by atoms with E-state index in [0.717, 1.165) is 31.4 Å². The number of rotatable bonds is 2. The molecule has 0 saturated heterocycles. The second-order valence-electron chi connectivity index (χ2n) is 6.24. The summed E-state index contributed by atoms with van der Waals surface area (Å²) in [4.78, 5) is 20.4. The van der Waals surface area contributed by atoms with Crippen molar-refractivity contribution in [2.24, 2.45) is 5.73 Å². The maximum atomic E-state index is 12.2. The molecule has 3 N–H and O–H groups in total. The second kappa shape index (κ2) is 4.89. The van der Waals surface area contributed by atoms with Crippen LogP contribution >= 0.6 is 0 Å². The molecule has 0 radical (unpaired) electrons. The van der Waals surface area contributed by atoms with E-state index in [4.69, 9.17) is 5.73 Å². The molecule has 2 atom stereocenters.